The van der Waals surface area contributed by atoms with E-state index in [1.54, 1.807) is 0 Å². The molecule has 0 amide bonds. The van der Waals surface area contributed by atoms with Crippen LogP contribution in [0.15, 0.2) is 23.1 Å². The van der Waals surface area contributed by atoms with Gasteiger partial charge in [0.15, 0.2) is 0 Å². The van der Waals surface area contributed by atoms with Crippen LogP contribution in [-0.4, -0.2) is 18.3 Å². The Morgan fingerprint density at radius 3 is 2.44 bits per heavy atom. The Kier molecular flexibility index (Phi) is 6.80. The zero-order valence-corrected chi connectivity index (χ0v) is 13.2. The van der Waals surface area contributed by atoms with Gasteiger partial charge in [0.2, 0.25) is 0 Å². The molecular formula is C16H27NS. The van der Waals surface area contributed by atoms with Gasteiger partial charge in [0, 0.05) is 16.7 Å². The highest BCUT2D eigenvalue weighted by Gasteiger charge is 2.14. The lowest BCUT2D eigenvalue weighted by Gasteiger charge is -2.23. The van der Waals surface area contributed by atoms with E-state index in [0.29, 0.717) is 6.04 Å². The van der Waals surface area contributed by atoms with Crippen LogP contribution >= 0.6 is 11.8 Å². The maximum Gasteiger partial charge on any atom is 0.0187 e. The lowest BCUT2D eigenvalue weighted by Crippen LogP contribution is -2.36. The van der Waals surface area contributed by atoms with E-state index in [9.17, 15) is 0 Å². The third-order valence-electron chi connectivity index (χ3n) is 3.71. The van der Waals surface area contributed by atoms with Crippen molar-refractivity contribution in [3.63, 3.8) is 0 Å². The Morgan fingerprint density at radius 2 is 1.89 bits per heavy atom. The summed E-state index contributed by atoms with van der Waals surface area (Å²) in [5.74, 6) is 1.90. The normalized spacial score (nSPS) is 14.5. The Hall–Kier alpha value is -0.470. The van der Waals surface area contributed by atoms with Gasteiger partial charge in [-0.1, -0.05) is 33.3 Å². The van der Waals surface area contributed by atoms with Gasteiger partial charge in [-0.3, -0.25) is 0 Å². The summed E-state index contributed by atoms with van der Waals surface area (Å²) < 4.78 is 0. The molecule has 0 spiro atoms. The number of rotatable bonds is 7. The summed E-state index contributed by atoms with van der Waals surface area (Å²) in [4.78, 5) is 1.39. The van der Waals surface area contributed by atoms with Crippen molar-refractivity contribution < 1.29 is 0 Å². The van der Waals surface area contributed by atoms with Crippen LogP contribution in [0.4, 0.5) is 0 Å². The molecule has 0 saturated heterocycles. The van der Waals surface area contributed by atoms with E-state index in [-0.39, 0.29) is 0 Å². The Balaban J connectivity index is 2.58. The summed E-state index contributed by atoms with van der Waals surface area (Å²) in [5, 5.41) is 3.61. The first-order valence-corrected chi connectivity index (χ1v) is 8.00. The number of hydrogen-bond acceptors (Lipinski definition) is 2. The summed E-state index contributed by atoms with van der Waals surface area (Å²) in [5.41, 5.74) is 2.77. The van der Waals surface area contributed by atoms with Crippen molar-refractivity contribution in [1.82, 2.24) is 5.32 Å². The predicted octanol–water partition coefficient (Wildman–Crippen LogP) is 4.42. The maximum atomic E-state index is 3.61. The molecule has 0 aliphatic carbocycles. The summed E-state index contributed by atoms with van der Waals surface area (Å²) in [7, 11) is 0. The zero-order valence-electron chi connectivity index (χ0n) is 12.4. The van der Waals surface area contributed by atoms with E-state index < -0.39 is 0 Å². The number of thioether (sulfide) groups is 1. The topological polar surface area (TPSA) is 12.0 Å². The van der Waals surface area contributed by atoms with Crippen LogP contribution in [0.25, 0.3) is 0 Å². The molecular weight excluding hydrogens is 238 g/mol. The molecule has 0 aliphatic rings. The molecule has 0 aromatic heterocycles. The smallest absolute Gasteiger partial charge is 0.0187 e. The third kappa shape index (κ3) is 4.66. The number of benzene rings is 1. The van der Waals surface area contributed by atoms with Gasteiger partial charge in [0.25, 0.3) is 0 Å². The molecule has 0 fully saturated rings. The zero-order chi connectivity index (χ0) is 13.5. The maximum absolute atomic E-state index is 3.61. The summed E-state index contributed by atoms with van der Waals surface area (Å²) in [6.45, 7) is 12.2. The van der Waals surface area contributed by atoms with Gasteiger partial charge in [-0.2, -0.15) is 0 Å². The van der Waals surface area contributed by atoms with Crippen molar-refractivity contribution in [1.29, 1.82) is 0 Å². The van der Waals surface area contributed by atoms with Gasteiger partial charge in [-0.25, -0.2) is 0 Å². The lowest BCUT2D eigenvalue weighted by atomic mass is 10.0. The molecule has 1 N–H and O–H groups in total. The van der Waals surface area contributed by atoms with Crippen LogP contribution in [0.2, 0.25) is 0 Å². The van der Waals surface area contributed by atoms with Crippen LogP contribution in [0.1, 0.15) is 38.3 Å². The van der Waals surface area contributed by atoms with Crippen molar-refractivity contribution in [3.8, 4) is 0 Å². The largest absolute Gasteiger partial charge is 0.313 e. The van der Waals surface area contributed by atoms with Gasteiger partial charge < -0.3 is 5.32 Å². The van der Waals surface area contributed by atoms with Crippen molar-refractivity contribution in [3.05, 3.63) is 29.3 Å². The number of nitrogens with one attached hydrogen (secondary N) is 1. The molecule has 1 rings (SSSR count). The molecule has 0 radical (unpaired) electrons. The summed E-state index contributed by atoms with van der Waals surface area (Å²) in [6.07, 6.45) is 1.24. The van der Waals surface area contributed by atoms with Gasteiger partial charge in [0.05, 0.1) is 0 Å². The average molecular weight is 265 g/mol. The van der Waals surface area contributed by atoms with Gasteiger partial charge in [-0.05, 0) is 49.6 Å². The monoisotopic (exact) mass is 265 g/mol. The predicted molar refractivity (Wildman–Crippen MR) is 83.6 cm³/mol. The fourth-order valence-corrected chi connectivity index (χ4v) is 3.20. The quantitative estimate of drug-likeness (QED) is 0.732. The highest BCUT2D eigenvalue weighted by atomic mass is 32.2. The Morgan fingerprint density at radius 1 is 1.17 bits per heavy atom. The van der Waals surface area contributed by atoms with Crippen LogP contribution in [0.5, 0.6) is 0 Å². The molecule has 0 bridgehead atoms. The molecule has 102 valence electrons. The number of aryl methyl sites for hydroxylation is 2. The minimum Gasteiger partial charge on any atom is -0.313 e. The Labute approximate surface area is 117 Å². The lowest BCUT2D eigenvalue weighted by molar-refractivity contribution is 0.404. The standard InChI is InChI=1S/C16H27NS/c1-6-12(3)16(17-7-2)11-18-15-9-8-13(4)14(5)10-15/h8-10,12,16-17H,6-7,11H2,1-5H3. The minimum absolute atomic E-state index is 0.617. The third-order valence-corrected chi connectivity index (χ3v) is 4.82. The molecule has 1 nitrogen and oxygen atoms in total. The van der Waals surface area contributed by atoms with Crippen LogP contribution in [-0.2, 0) is 0 Å². The van der Waals surface area contributed by atoms with Crippen molar-refractivity contribution >= 4 is 11.8 Å². The molecule has 0 saturated carbocycles. The van der Waals surface area contributed by atoms with E-state index in [1.165, 1.54) is 22.4 Å². The van der Waals surface area contributed by atoms with Gasteiger partial charge in [-0.15, -0.1) is 11.8 Å². The van der Waals surface area contributed by atoms with Gasteiger partial charge in [0.1, 0.15) is 0 Å². The molecule has 1 aromatic rings. The molecule has 1 aromatic carbocycles. The molecule has 2 heteroatoms. The fraction of sp³-hybridized carbons (Fsp3) is 0.625. The van der Waals surface area contributed by atoms with E-state index in [1.807, 2.05) is 11.8 Å². The summed E-state index contributed by atoms with van der Waals surface area (Å²) >= 11 is 1.97. The first kappa shape index (κ1) is 15.6. The van der Waals surface area contributed by atoms with Gasteiger partial charge >= 0.3 is 0 Å². The van der Waals surface area contributed by atoms with Crippen LogP contribution in [0, 0.1) is 19.8 Å². The molecule has 18 heavy (non-hydrogen) atoms. The first-order valence-electron chi connectivity index (χ1n) is 7.01. The first-order chi connectivity index (χ1) is 8.58. The van der Waals surface area contributed by atoms with E-state index >= 15 is 0 Å². The molecule has 0 aliphatic heterocycles. The molecule has 2 unspecified atom stereocenters. The minimum atomic E-state index is 0.617. The second-order valence-electron chi connectivity index (χ2n) is 5.11. The highest BCUT2D eigenvalue weighted by Crippen LogP contribution is 2.24. The van der Waals surface area contributed by atoms with E-state index in [4.69, 9.17) is 0 Å². The second kappa shape index (κ2) is 7.85. The highest BCUT2D eigenvalue weighted by molar-refractivity contribution is 7.99. The fourth-order valence-electron chi connectivity index (χ4n) is 1.96. The summed E-state index contributed by atoms with van der Waals surface area (Å²) in [6, 6.07) is 7.39. The SMILES string of the molecule is CCNC(CSc1ccc(C)c(C)c1)C(C)CC. The van der Waals surface area contributed by atoms with E-state index in [2.05, 4.69) is 58.1 Å². The molecule has 0 heterocycles. The van der Waals surface area contributed by atoms with Crippen molar-refractivity contribution in [2.75, 3.05) is 12.3 Å². The second-order valence-corrected chi connectivity index (χ2v) is 6.20. The molecule has 2 atom stereocenters. The number of hydrogen-bond donors (Lipinski definition) is 1. The van der Waals surface area contributed by atoms with Crippen LogP contribution < -0.4 is 5.32 Å². The van der Waals surface area contributed by atoms with E-state index in [0.717, 1.165) is 18.2 Å². The van der Waals surface area contributed by atoms with Crippen LogP contribution in [0.3, 0.4) is 0 Å². The van der Waals surface area contributed by atoms with Crippen molar-refractivity contribution in [2.45, 2.75) is 52.0 Å². The van der Waals surface area contributed by atoms with Crippen molar-refractivity contribution in [2.24, 2.45) is 5.92 Å². The average Bonchev–Trinajstić information content (AvgIpc) is 2.37. The Bertz CT molecular complexity index is 362.